The number of benzene rings is 1. The van der Waals surface area contributed by atoms with Crippen molar-refractivity contribution in [1.82, 2.24) is 15.1 Å². The van der Waals surface area contributed by atoms with Crippen LogP contribution in [0.2, 0.25) is 0 Å². The number of hydrogen-bond acceptors (Lipinski definition) is 2. The van der Waals surface area contributed by atoms with Gasteiger partial charge in [0, 0.05) is 24.3 Å². The lowest BCUT2D eigenvalue weighted by Crippen LogP contribution is -2.20. The lowest BCUT2D eigenvalue weighted by molar-refractivity contribution is 0.569. The van der Waals surface area contributed by atoms with Gasteiger partial charge in [0.25, 0.3) is 0 Å². The van der Waals surface area contributed by atoms with Crippen molar-refractivity contribution in [3.05, 3.63) is 41.5 Å². The van der Waals surface area contributed by atoms with Crippen molar-refractivity contribution in [3.8, 4) is 11.1 Å². The number of hydrogen-bond donors (Lipinski definition) is 1. The van der Waals surface area contributed by atoms with Crippen molar-refractivity contribution in [2.45, 2.75) is 33.2 Å². The summed E-state index contributed by atoms with van der Waals surface area (Å²) >= 11 is 0. The molecule has 1 heterocycles. The second-order valence-electron chi connectivity index (χ2n) is 5.17. The van der Waals surface area contributed by atoms with Gasteiger partial charge >= 0.3 is 0 Å². The lowest BCUT2D eigenvalue weighted by Gasteiger charge is -2.18. The van der Waals surface area contributed by atoms with E-state index in [1.54, 1.807) is 12.3 Å². The van der Waals surface area contributed by atoms with Crippen molar-refractivity contribution in [2.75, 3.05) is 6.54 Å². The molecule has 108 valence electrons. The van der Waals surface area contributed by atoms with Crippen LogP contribution in [0.15, 0.2) is 24.4 Å². The number of nitrogens with one attached hydrogen (secondary N) is 1. The van der Waals surface area contributed by atoms with Crippen LogP contribution in [0.1, 0.15) is 37.6 Å². The standard InChI is InChI=1S/C16H22FN3/c1-5-8-18-11(2)14-7-6-13(17)9-15(14)16-10-19-20(4)12(16)3/h6-7,9-11,18H,5,8H2,1-4H3. The fraction of sp³-hybridized carbons (Fsp3) is 0.438. The molecule has 20 heavy (non-hydrogen) atoms. The van der Waals surface area contributed by atoms with Gasteiger partial charge in [0.1, 0.15) is 5.82 Å². The molecule has 1 N–H and O–H groups in total. The SMILES string of the molecule is CCCNC(C)c1ccc(F)cc1-c1cnn(C)c1C. The number of rotatable bonds is 5. The zero-order chi connectivity index (χ0) is 14.7. The quantitative estimate of drug-likeness (QED) is 0.903. The first-order valence-electron chi connectivity index (χ1n) is 7.06. The van der Waals surface area contributed by atoms with E-state index in [1.165, 1.54) is 6.07 Å². The van der Waals surface area contributed by atoms with E-state index >= 15 is 0 Å². The predicted octanol–water partition coefficient (Wildman–Crippen LogP) is 3.60. The molecule has 4 heteroatoms. The molecule has 2 rings (SSSR count). The monoisotopic (exact) mass is 275 g/mol. The van der Waals surface area contributed by atoms with Crippen LogP contribution in [0, 0.1) is 12.7 Å². The molecule has 0 fully saturated rings. The van der Waals surface area contributed by atoms with E-state index in [0.717, 1.165) is 35.3 Å². The van der Waals surface area contributed by atoms with Crippen LogP contribution in [0.5, 0.6) is 0 Å². The molecule has 1 atom stereocenters. The van der Waals surface area contributed by atoms with Crippen LogP contribution in [0.4, 0.5) is 4.39 Å². The third-order valence-electron chi connectivity index (χ3n) is 3.71. The van der Waals surface area contributed by atoms with E-state index in [1.807, 2.05) is 24.7 Å². The van der Waals surface area contributed by atoms with E-state index in [-0.39, 0.29) is 11.9 Å². The molecule has 0 aliphatic heterocycles. The topological polar surface area (TPSA) is 29.9 Å². The number of halogens is 1. The molecule has 0 saturated carbocycles. The zero-order valence-corrected chi connectivity index (χ0v) is 12.6. The Morgan fingerprint density at radius 3 is 2.70 bits per heavy atom. The highest BCUT2D eigenvalue weighted by Gasteiger charge is 2.15. The lowest BCUT2D eigenvalue weighted by atomic mass is 9.95. The van der Waals surface area contributed by atoms with Crippen molar-refractivity contribution < 1.29 is 4.39 Å². The minimum Gasteiger partial charge on any atom is -0.310 e. The highest BCUT2D eigenvalue weighted by molar-refractivity contribution is 5.69. The minimum atomic E-state index is -0.213. The molecule has 0 spiro atoms. The van der Waals surface area contributed by atoms with Gasteiger partial charge in [0.05, 0.1) is 6.20 Å². The Labute approximate surface area is 119 Å². The minimum absolute atomic E-state index is 0.185. The summed E-state index contributed by atoms with van der Waals surface area (Å²) in [5, 5.41) is 7.71. The highest BCUT2D eigenvalue weighted by atomic mass is 19.1. The number of aromatic nitrogens is 2. The Balaban J connectivity index is 2.45. The van der Waals surface area contributed by atoms with Crippen molar-refractivity contribution in [2.24, 2.45) is 7.05 Å². The molecule has 0 aliphatic rings. The van der Waals surface area contributed by atoms with Gasteiger partial charge < -0.3 is 5.32 Å². The molecule has 1 aromatic carbocycles. The second kappa shape index (κ2) is 6.18. The molecule has 1 aromatic heterocycles. The molecule has 0 aliphatic carbocycles. The Kier molecular flexibility index (Phi) is 4.55. The molecule has 0 amide bonds. The summed E-state index contributed by atoms with van der Waals surface area (Å²) in [6.45, 7) is 7.19. The van der Waals surface area contributed by atoms with Gasteiger partial charge in [-0.15, -0.1) is 0 Å². The van der Waals surface area contributed by atoms with E-state index < -0.39 is 0 Å². The molecule has 2 aromatic rings. The van der Waals surface area contributed by atoms with Gasteiger partial charge in [-0.2, -0.15) is 5.10 Å². The van der Waals surface area contributed by atoms with Crippen molar-refractivity contribution >= 4 is 0 Å². The zero-order valence-electron chi connectivity index (χ0n) is 12.6. The number of nitrogens with zero attached hydrogens (tertiary/aromatic N) is 2. The summed E-state index contributed by atoms with van der Waals surface area (Å²) in [5.74, 6) is -0.213. The van der Waals surface area contributed by atoms with E-state index in [0.29, 0.717) is 0 Å². The van der Waals surface area contributed by atoms with Crippen LogP contribution < -0.4 is 5.32 Å². The number of aryl methyl sites for hydroxylation is 1. The molecular weight excluding hydrogens is 253 g/mol. The molecule has 0 radical (unpaired) electrons. The third kappa shape index (κ3) is 2.90. The summed E-state index contributed by atoms with van der Waals surface area (Å²) in [4.78, 5) is 0. The van der Waals surface area contributed by atoms with Crippen LogP contribution in [-0.4, -0.2) is 16.3 Å². The first-order chi connectivity index (χ1) is 9.54. The van der Waals surface area contributed by atoms with Crippen LogP contribution in [0.25, 0.3) is 11.1 Å². The van der Waals surface area contributed by atoms with Gasteiger partial charge in [0.15, 0.2) is 0 Å². The fourth-order valence-corrected chi connectivity index (χ4v) is 2.37. The molecule has 0 saturated heterocycles. The molecule has 0 bridgehead atoms. The predicted molar refractivity (Wildman–Crippen MR) is 80.0 cm³/mol. The van der Waals surface area contributed by atoms with E-state index in [9.17, 15) is 4.39 Å². The van der Waals surface area contributed by atoms with Gasteiger partial charge in [-0.25, -0.2) is 4.39 Å². The Bertz CT molecular complexity index is 589. The van der Waals surface area contributed by atoms with Crippen LogP contribution >= 0.6 is 0 Å². The molecular formula is C16H22FN3. The smallest absolute Gasteiger partial charge is 0.123 e. The fourth-order valence-electron chi connectivity index (χ4n) is 2.37. The first-order valence-corrected chi connectivity index (χ1v) is 7.06. The third-order valence-corrected chi connectivity index (χ3v) is 3.71. The average molecular weight is 275 g/mol. The summed E-state index contributed by atoms with van der Waals surface area (Å²) in [6.07, 6.45) is 2.88. The van der Waals surface area contributed by atoms with Crippen molar-refractivity contribution in [1.29, 1.82) is 0 Å². The summed E-state index contributed by atoms with van der Waals surface area (Å²) in [5.41, 5.74) is 4.06. The van der Waals surface area contributed by atoms with Crippen molar-refractivity contribution in [3.63, 3.8) is 0 Å². The highest BCUT2D eigenvalue weighted by Crippen LogP contribution is 2.31. The summed E-state index contributed by atoms with van der Waals surface area (Å²) in [6, 6.07) is 5.17. The van der Waals surface area contributed by atoms with E-state index in [4.69, 9.17) is 0 Å². The Morgan fingerprint density at radius 2 is 2.10 bits per heavy atom. The van der Waals surface area contributed by atoms with E-state index in [2.05, 4.69) is 24.3 Å². The van der Waals surface area contributed by atoms with Gasteiger partial charge in [-0.3, -0.25) is 4.68 Å². The van der Waals surface area contributed by atoms with Gasteiger partial charge in [-0.05, 0) is 50.1 Å². The van der Waals surface area contributed by atoms with Crippen LogP contribution in [0.3, 0.4) is 0 Å². The maximum atomic E-state index is 13.6. The second-order valence-corrected chi connectivity index (χ2v) is 5.17. The van der Waals surface area contributed by atoms with Crippen LogP contribution in [-0.2, 0) is 7.05 Å². The normalized spacial score (nSPS) is 12.7. The Hall–Kier alpha value is -1.68. The first kappa shape index (κ1) is 14.7. The van der Waals surface area contributed by atoms with Gasteiger partial charge in [-0.1, -0.05) is 13.0 Å². The molecule has 3 nitrogen and oxygen atoms in total. The van der Waals surface area contributed by atoms with Gasteiger partial charge in [0.2, 0.25) is 0 Å². The summed E-state index contributed by atoms with van der Waals surface area (Å²) < 4.78 is 15.5. The largest absolute Gasteiger partial charge is 0.310 e. The summed E-state index contributed by atoms with van der Waals surface area (Å²) in [7, 11) is 1.90. The molecule has 1 unspecified atom stereocenters. The Morgan fingerprint density at radius 1 is 1.35 bits per heavy atom. The average Bonchev–Trinajstić information content (AvgIpc) is 2.76. The maximum Gasteiger partial charge on any atom is 0.123 e. The maximum absolute atomic E-state index is 13.6.